The molecule has 8 heteroatoms. The first-order valence-corrected chi connectivity index (χ1v) is 11.6. The van der Waals surface area contributed by atoms with E-state index in [1.807, 2.05) is 30.3 Å². The fraction of sp³-hybridized carbons (Fsp3) is 0.0435. The third-order valence-corrected chi connectivity index (χ3v) is 6.02. The SMILES string of the molecule is N#C/C(=C\c1cc(Br)c(OCc2ccc(I)cc2)c(Br)c1)C(=O)Nc1ccc(O)cc1. The van der Waals surface area contributed by atoms with Crippen LogP contribution in [0.25, 0.3) is 6.08 Å². The summed E-state index contributed by atoms with van der Waals surface area (Å²) in [5, 5.41) is 21.4. The van der Waals surface area contributed by atoms with Crippen LogP contribution in [0.3, 0.4) is 0 Å². The van der Waals surface area contributed by atoms with Crippen molar-refractivity contribution in [3.63, 3.8) is 0 Å². The van der Waals surface area contributed by atoms with Crippen LogP contribution in [0.15, 0.2) is 75.2 Å². The molecule has 0 aliphatic heterocycles. The number of hydrogen-bond donors (Lipinski definition) is 2. The maximum Gasteiger partial charge on any atom is 0.266 e. The summed E-state index contributed by atoms with van der Waals surface area (Å²) in [6, 6.07) is 19.5. The van der Waals surface area contributed by atoms with Crippen molar-refractivity contribution in [1.82, 2.24) is 0 Å². The number of phenolic OH excluding ortho intramolecular Hbond substituents is 1. The van der Waals surface area contributed by atoms with E-state index < -0.39 is 5.91 Å². The Kier molecular flexibility index (Phi) is 8.12. The number of hydrogen-bond acceptors (Lipinski definition) is 4. The maximum absolute atomic E-state index is 12.4. The quantitative estimate of drug-likeness (QED) is 0.135. The highest BCUT2D eigenvalue weighted by molar-refractivity contribution is 14.1. The van der Waals surface area contributed by atoms with E-state index in [1.165, 1.54) is 18.2 Å². The molecule has 3 rings (SSSR count). The Morgan fingerprint density at radius 2 is 1.71 bits per heavy atom. The summed E-state index contributed by atoms with van der Waals surface area (Å²) < 4.78 is 8.47. The summed E-state index contributed by atoms with van der Waals surface area (Å²) in [5.41, 5.74) is 2.11. The minimum absolute atomic E-state index is 0.0561. The van der Waals surface area contributed by atoms with Crippen LogP contribution in [0.5, 0.6) is 11.5 Å². The molecule has 0 fully saturated rings. The Morgan fingerprint density at radius 3 is 2.29 bits per heavy atom. The molecule has 0 aromatic heterocycles. The lowest BCUT2D eigenvalue weighted by Gasteiger charge is -2.12. The molecule has 0 saturated heterocycles. The molecular weight excluding hydrogens is 639 g/mol. The Hall–Kier alpha value is -2.35. The number of nitrogens with one attached hydrogen (secondary N) is 1. The number of carbonyl (C=O) groups is 1. The van der Waals surface area contributed by atoms with E-state index in [0.29, 0.717) is 32.6 Å². The molecular formula is C23H15Br2IN2O3. The van der Waals surface area contributed by atoms with Crippen molar-refractivity contribution >= 4 is 72.1 Å². The van der Waals surface area contributed by atoms with E-state index in [1.54, 1.807) is 24.3 Å². The average molecular weight is 654 g/mol. The van der Waals surface area contributed by atoms with Crippen LogP contribution in [0, 0.1) is 14.9 Å². The minimum atomic E-state index is -0.542. The number of halogens is 3. The van der Waals surface area contributed by atoms with Crippen molar-refractivity contribution in [3.05, 3.63) is 89.9 Å². The second kappa shape index (κ2) is 10.8. The molecule has 156 valence electrons. The number of phenols is 1. The van der Waals surface area contributed by atoms with Crippen molar-refractivity contribution in [2.45, 2.75) is 6.61 Å². The molecule has 5 nitrogen and oxygen atoms in total. The summed E-state index contributed by atoms with van der Waals surface area (Å²) >= 11 is 9.25. The molecule has 0 unspecified atom stereocenters. The predicted octanol–water partition coefficient (Wildman–Crippen LogP) is 6.65. The number of nitrogens with zero attached hydrogens (tertiary/aromatic N) is 1. The first-order chi connectivity index (χ1) is 14.9. The van der Waals surface area contributed by atoms with Crippen LogP contribution >= 0.6 is 54.5 Å². The molecule has 31 heavy (non-hydrogen) atoms. The molecule has 0 bridgehead atoms. The molecule has 3 aromatic carbocycles. The second-order valence-corrected chi connectivity index (χ2v) is 9.35. The number of anilines is 1. The lowest BCUT2D eigenvalue weighted by molar-refractivity contribution is -0.112. The fourth-order valence-electron chi connectivity index (χ4n) is 2.60. The molecule has 0 radical (unpaired) electrons. The lowest BCUT2D eigenvalue weighted by atomic mass is 10.1. The Morgan fingerprint density at radius 1 is 1.10 bits per heavy atom. The van der Waals surface area contributed by atoms with Crippen molar-refractivity contribution in [2.75, 3.05) is 5.32 Å². The van der Waals surface area contributed by atoms with Gasteiger partial charge in [0.25, 0.3) is 5.91 Å². The summed E-state index contributed by atoms with van der Waals surface area (Å²) in [6.45, 7) is 0.405. The van der Waals surface area contributed by atoms with Crippen molar-refractivity contribution in [3.8, 4) is 17.6 Å². The monoisotopic (exact) mass is 652 g/mol. The number of rotatable bonds is 6. The van der Waals surface area contributed by atoms with E-state index in [2.05, 4.69) is 59.8 Å². The zero-order valence-electron chi connectivity index (χ0n) is 15.9. The van der Waals surface area contributed by atoms with Gasteiger partial charge in [0.1, 0.15) is 29.7 Å². The Labute approximate surface area is 210 Å². The van der Waals surface area contributed by atoms with Crippen LogP contribution in [0.1, 0.15) is 11.1 Å². The van der Waals surface area contributed by atoms with Gasteiger partial charge in [0.15, 0.2) is 0 Å². The third-order valence-electron chi connectivity index (χ3n) is 4.12. The molecule has 0 heterocycles. The summed E-state index contributed by atoms with van der Waals surface area (Å²) in [7, 11) is 0. The predicted molar refractivity (Wildman–Crippen MR) is 136 cm³/mol. The number of ether oxygens (including phenoxy) is 1. The van der Waals surface area contributed by atoms with Gasteiger partial charge in [-0.05, 0) is 120 Å². The van der Waals surface area contributed by atoms with Gasteiger partial charge >= 0.3 is 0 Å². The van der Waals surface area contributed by atoms with Crippen LogP contribution in [0.2, 0.25) is 0 Å². The van der Waals surface area contributed by atoms with Gasteiger partial charge in [-0.1, -0.05) is 12.1 Å². The molecule has 3 aromatic rings. The number of benzene rings is 3. The third kappa shape index (κ3) is 6.56. The summed E-state index contributed by atoms with van der Waals surface area (Å²) in [6.07, 6.45) is 1.49. The normalized spacial score (nSPS) is 11.0. The molecule has 2 N–H and O–H groups in total. The maximum atomic E-state index is 12.4. The zero-order valence-corrected chi connectivity index (χ0v) is 21.2. The van der Waals surface area contributed by atoms with Crippen LogP contribution in [0.4, 0.5) is 5.69 Å². The van der Waals surface area contributed by atoms with Gasteiger partial charge in [0, 0.05) is 9.26 Å². The molecule has 0 spiro atoms. The molecule has 0 aliphatic rings. The van der Waals surface area contributed by atoms with E-state index in [0.717, 1.165) is 9.13 Å². The average Bonchev–Trinajstić information content (AvgIpc) is 2.74. The highest BCUT2D eigenvalue weighted by Gasteiger charge is 2.13. The lowest BCUT2D eigenvalue weighted by Crippen LogP contribution is -2.13. The zero-order chi connectivity index (χ0) is 22.4. The Bertz CT molecular complexity index is 1150. The van der Waals surface area contributed by atoms with Crippen LogP contribution < -0.4 is 10.1 Å². The number of nitriles is 1. The van der Waals surface area contributed by atoms with Gasteiger partial charge in [-0.25, -0.2) is 0 Å². The van der Waals surface area contributed by atoms with E-state index in [4.69, 9.17) is 4.74 Å². The highest BCUT2D eigenvalue weighted by atomic mass is 127. The second-order valence-electron chi connectivity index (χ2n) is 6.40. The van der Waals surface area contributed by atoms with Crippen molar-refractivity contribution < 1.29 is 14.6 Å². The number of carbonyl (C=O) groups excluding carboxylic acids is 1. The fourth-order valence-corrected chi connectivity index (χ4v) is 4.41. The van der Waals surface area contributed by atoms with Gasteiger partial charge in [-0.3, -0.25) is 4.79 Å². The van der Waals surface area contributed by atoms with Gasteiger partial charge in [0.05, 0.1) is 8.95 Å². The van der Waals surface area contributed by atoms with E-state index in [9.17, 15) is 15.2 Å². The smallest absolute Gasteiger partial charge is 0.266 e. The largest absolute Gasteiger partial charge is 0.508 e. The Balaban J connectivity index is 1.76. The standard InChI is InChI=1S/C23H15Br2IN2O3/c24-20-10-15(9-16(12-27)23(30)28-18-5-7-19(29)8-6-18)11-21(25)22(20)31-13-14-1-3-17(26)4-2-14/h1-11,29H,13H2,(H,28,30)/b16-9+. The molecule has 0 atom stereocenters. The van der Waals surface area contributed by atoms with Crippen LogP contribution in [-0.4, -0.2) is 11.0 Å². The number of aromatic hydroxyl groups is 1. The summed E-state index contributed by atoms with van der Waals surface area (Å²) in [5.74, 6) is 0.176. The molecule has 0 aliphatic carbocycles. The summed E-state index contributed by atoms with van der Waals surface area (Å²) in [4.78, 5) is 12.4. The first kappa shape index (κ1) is 23.3. The van der Waals surface area contributed by atoms with Crippen molar-refractivity contribution in [2.24, 2.45) is 0 Å². The van der Waals surface area contributed by atoms with Gasteiger partial charge in [0.2, 0.25) is 0 Å². The van der Waals surface area contributed by atoms with Gasteiger partial charge in [-0.15, -0.1) is 0 Å². The van der Waals surface area contributed by atoms with Crippen molar-refractivity contribution in [1.29, 1.82) is 5.26 Å². The van der Waals surface area contributed by atoms with Gasteiger partial charge < -0.3 is 15.2 Å². The molecule has 1 amide bonds. The highest BCUT2D eigenvalue weighted by Crippen LogP contribution is 2.36. The number of amides is 1. The van der Waals surface area contributed by atoms with E-state index >= 15 is 0 Å². The van der Waals surface area contributed by atoms with Gasteiger partial charge in [-0.2, -0.15) is 5.26 Å². The first-order valence-electron chi connectivity index (χ1n) is 8.94. The minimum Gasteiger partial charge on any atom is -0.508 e. The topological polar surface area (TPSA) is 82.3 Å². The molecule has 0 saturated carbocycles. The van der Waals surface area contributed by atoms with E-state index in [-0.39, 0.29) is 11.3 Å². The van der Waals surface area contributed by atoms with Crippen LogP contribution in [-0.2, 0) is 11.4 Å².